The van der Waals surface area contributed by atoms with Gasteiger partial charge in [0.25, 0.3) is 0 Å². The molecule has 5 rings (SSSR count). The quantitative estimate of drug-likeness (QED) is 0.267. The summed E-state index contributed by atoms with van der Waals surface area (Å²) in [7, 11) is 1.67. The van der Waals surface area contributed by atoms with Crippen LogP contribution in [0.2, 0.25) is 0 Å². The molecular formula is C31H33N5O2S. The van der Waals surface area contributed by atoms with Crippen molar-refractivity contribution in [2.75, 3.05) is 17.3 Å². The van der Waals surface area contributed by atoms with E-state index in [2.05, 4.69) is 58.2 Å². The average Bonchev–Trinajstić information content (AvgIpc) is 3.44. The Morgan fingerprint density at radius 1 is 1.05 bits per heavy atom. The van der Waals surface area contributed by atoms with Crippen molar-refractivity contribution in [2.24, 2.45) is 0 Å². The van der Waals surface area contributed by atoms with Gasteiger partial charge in [-0.2, -0.15) is 0 Å². The molecule has 1 saturated heterocycles. The maximum Gasteiger partial charge on any atom is 0.224 e. The number of aromatic nitrogens is 2. The lowest BCUT2D eigenvalue weighted by atomic mass is 9.96. The zero-order chi connectivity index (χ0) is 27.7. The summed E-state index contributed by atoms with van der Waals surface area (Å²) in [6.07, 6.45) is 2.24. The van der Waals surface area contributed by atoms with Gasteiger partial charge in [-0.25, -0.2) is 0 Å². The van der Waals surface area contributed by atoms with Gasteiger partial charge in [0.1, 0.15) is 5.75 Å². The molecule has 1 fully saturated rings. The molecule has 39 heavy (non-hydrogen) atoms. The first-order valence-electron chi connectivity index (χ1n) is 13.1. The van der Waals surface area contributed by atoms with Crippen molar-refractivity contribution >= 4 is 34.6 Å². The number of benzene rings is 2. The van der Waals surface area contributed by atoms with Crippen molar-refractivity contribution in [3.63, 3.8) is 0 Å². The van der Waals surface area contributed by atoms with E-state index >= 15 is 0 Å². The molecule has 0 saturated carbocycles. The summed E-state index contributed by atoms with van der Waals surface area (Å²) in [5.74, 6) is 0.811. The number of carbonyl (C=O) groups is 1. The SMILES string of the molecule is CCC(=O)Nc1ccc(N2C(=S)N[C@H](c3ccccn3)[C@@H]2c2cc(C)n(-c3ccc(OC)cc3)c2C)cc1C. The maximum atomic E-state index is 12.0. The molecule has 2 N–H and O–H groups in total. The summed E-state index contributed by atoms with van der Waals surface area (Å²) in [5.41, 5.74) is 8.13. The van der Waals surface area contributed by atoms with Crippen molar-refractivity contribution in [1.29, 1.82) is 0 Å². The third-order valence-electron chi connectivity index (χ3n) is 7.30. The lowest BCUT2D eigenvalue weighted by molar-refractivity contribution is -0.115. The van der Waals surface area contributed by atoms with E-state index < -0.39 is 0 Å². The Balaban J connectivity index is 1.62. The minimum Gasteiger partial charge on any atom is -0.497 e. The van der Waals surface area contributed by atoms with E-state index in [-0.39, 0.29) is 18.0 Å². The van der Waals surface area contributed by atoms with E-state index in [0.717, 1.165) is 51.0 Å². The molecule has 0 aliphatic carbocycles. The van der Waals surface area contributed by atoms with Gasteiger partial charge < -0.3 is 24.8 Å². The lowest BCUT2D eigenvalue weighted by Gasteiger charge is -2.29. The molecule has 200 valence electrons. The second kappa shape index (κ2) is 10.9. The first-order valence-corrected chi connectivity index (χ1v) is 13.5. The van der Waals surface area contributed by atoms with Crippen LogP contribution in [0.5, 0.6) is 5.75 Å². The van der Waals surface area contributed by atoms with Crippen LogP contribution in [0.1, 0.15) is 53.6 Å². The number of amides is 1. The van der Waals surface area contributed by atoms with E-state index in [9.17, 15) is 4.79 Å². The summed E-state index contributed by atoms with van der Waals surface area (Å²) in [6.45, 7) is 8.12. The lowest BCUT2D eigenvalue weighted by Crippen LogP contribution is -2.29. The molecule has 2 atom stereocenters. The summed E-state index contributed by atoms with van der Waals surface area (Å²) >= 11 is 5.94. The smallest absolute Gasteiger partial charge is 0.224 e. The van der Waals surface area contributed by atoms with Gasteiger partial charge in [0.15, 0.2) is 5.11 Å². The van der Waals surface area contributed by atoms with Crippen LogP contribution < -0.4 is 20.3 Å². The molecule has 0 radical (unpaired) electrons. The van der Waals surface area contributed by atoms with Crippen LogP contribution in [0, 0.1) is 20.8 Å². The Labute approximate surface area is 234 Å². The summed E-state index contributed by atoms with van der Waals surface area (Å²) in [5, 5.41) is 7.17. The predicted octanol–water partition coefficient (Wildman–Crippen LogP) is 6.33. The number of nitrogens with zero attached hydrogens (tertiary/aromatic N) is 3. The summed E-state index contributed by atoms with van der Waals surface area (Å²) in [6, 6.07) is 22.1. The van der Waals surface area contributed by atoms with Crippen molar-refractivity contribution in [1.82, 2.24) is 14.9 Å². The van der Waals surface area contributed by atoms with E-state index in [1.165, 1.54) is 0 Å². The van der Waals surface area contributed by atoms with E-state index in [0.29, 0.717) is 11.5 Å². The topological polar surface area (TPSA) is 71.4 Å². The van der Waals surface area contributed by atoms with Crippen LogP contribution in [0.4, 0.5) is 11.4 Å². The molecule has 8 heteroatoms. The number of hydrogen-bond donors (Lipinski definition) is 2. The first-order chi connectivity index (χ1) is 18.8. The second-order valence-electron chi connectivity index (χ2n) is 9.76. The number of aryl methyl sites for hydroxylation is 2. The van der Waals surface area contributed by atoms with Crippen LogP contribution in [0.3, 0.4) is 0 Å². The Morgan fingerprint density at radius 3 is 2.44 bits per heavy atom. The Bertz CT molecular complexity index is 1510. The highest BCUT2D eigenvalue weighted by Crippen LogP contribution is 2.44. The fraction of sp³-hybridized carbons (Fsp3) is 0.258. The number of hydrogen-bond acceptors (Lipinski definition) is 4. The zero-order valence-corrected chi connectivity index (χ0v) is 23.7. The Morgan fingerprint density at radius 2 is 1.79 bits per heavy atom. The second-order valence-corrected chi connectivity index (χ2v) is 10.1. The highest BCUT2D eigenvalue weighted by molar-refractivity contribution is 7.80. The van der Waals surface area contributed by atoms with Gasteiger partial charge in [-0.3, -0.25) is 9.78 Å². The normalized spacial score (nSPS) is 16.7. The van der Waals surface area contributed by atoms with Crippen LogP contribution in [0.25, 0.3) is 5.69 Å². The molecule has 3 heterocycles. The molecule has 2 aromatic heterocycles. The number of methoxy groups -OCH3 is 1. The van der Waals surface area contributed by atoms with Crippen LogP contribution >= 0.6 is 12.2 Å². The third-order valence-corrected chi connectivity index (χ3v) is 7.62. The van der Waals surface area contributed by atoms with E-state index in [1.54, 1.807) is 7.11 Å². The van der Waals surface area contributed by atoms with Crippen molar-refractivity contribution < 1.29 is 9.53 Å². The van der Waals surface area contributed by atoms with Gasteiger partial charge in [0, 0.05) is 41.1 Å². The summed E-state index contributed by atoms with van der Waals surface area (Å²) < 4.78 is 7.63. The van der Waals surface area contributed by atoms with Crippen molar-refractivity contribution in [3.05, 3.63) is 101 Å². The summed E-state index contributed by atoms with van der Waals surface area (Å²) in [4.78, 5) is 18.9. The monoisotopic (exact) mass is 539 g/mol. The molecular weight excluding hydrogens is 506 g/mol. The largest absolute Gasteiger partial charge is 0.497 e. The predicted molar refractivity (Wildman–Crippen MR) is 160 cm³/mol. The zero-order valence-electron chi connectivity index (χ0n) is 22.9. The fourth-order valence-corrected chi connectivity index (χ4v) is 5.69. The number of ether oxygens (including phenoxy) is 1. The molecule has 1 aliphatic rings. The molecule has 0 unspecified atom stereocenters. The van der Waals surface area contributed by atoms with Crippen LogP contribution in [-0.4, -0.2) is 27.7 Å². The maximum absolute atomic E-state index is 12.0. The molecule has 2 aromatic carbocycles. The van der Waals surface area contributed by atoms with Crippen molar-refractivity contribution in [2.45, 2.75) is 46.2 Å². The molecule has 4 aromatic rings. The average molecular weight is 540 g/mol. The third kappa shape index (κ3) is 5.00. The standard InChI is InChI=1S/C31H33N5O2S/c1-6-28(37)33-26-15-12-23(17-19(26)2)36-30(29(34-31(36)39)27-9-7-8-16-32-27)25-18-20(3)35(21(25)4)22-10-13-24(38-5)14-11-22/h7-18,29-30H,6H2,1-5H3,(H,33,37)(H,34,39)/t29-,30+/m1/s1. The molecule has 0 bridgehead atoms. The van der Waals surface area contributed by atoms with Gasteiger partial charge in [-0.1, -0.05) is 13.0 Å². The van der Waals surface area contributed by atoms with Crippen LogP contribution in [0.15, 0.2) is 72.9 Å². The Hall–Kier alpha value is -4.17. The number of anilines is 2. The van der Waals surface area contributed by atoms with Gasteiger partial charge in [0.2, 0.25) is 5.91 Å². The number of thiocarbonyl (C=S) groups is 1. The molecule has 1 amide bonds. The molecule has 7 nitrogen and oxygen atoms in total. The highest BCUT2D eigenvalue weighted by atomic mass is 32.1. The first kappa shape index (κ1) is 26.4. The van der Waals surface area contributed by atoms with E-state index in [4.69, 9.17) is 21.9 Å². The molecule has 0 spiro atoms. The van der Waals surface area contributed by atoms with Crippen LogP contribution in [-0.2, 0) is 4.79 Å². The minimum atomic E-state index is -0.150. The molecule has 1 aliphatic heterocycles. The number of pyridine rings is 1. The number of rotatable bonds is 7. The van der Waals surface area contributed by atoms with E-state index in [1.807, 2.05) is 62.5 Å². The number of nitrogens with one attached hydrogen (secondary N) is 2. The minimum absolute atomic E-state index is 0.0109. The van der Waals surface area contributed by atoms with Gasteiger partial charge in [0.05, 0.1) is 24.9 Å². The van der Waals surface area contributed by atoms with Gasteiger partial charge in [-0.15, -0.1) is 0 Å². The van der Waals surface area contributed by atoms with Crippen molar-refractivity contribution in [3.8, 4) is 11.4 Å². The highest BCUT2D eigenvalue weighted by Gasteiger charge is 2.42. The Kier molecular flexibility index (Phi) is 7.39. The fourth-order valence-electron chi connectivity index (χ4n) is 5.34. The number of carbonyl (C=O) groups excluding carboxylic acids is 1. The van der Waals surface area contributed by atoms with Gasteiger partial charge in [-0.05, 0) is 105 Å². The van der Waals surface area contributed by atoms with Gasteiger partial charge >= 0.3 is 0 Å².